The van der Waals surface area contributed by atoms with Crippen molar-refractivity contribution >= 4 is 5.69 Å². The normalized spacial score (nSPS) is 22.3. The maximum Gasteiger partial charge on any atom is 0.105 e. The van der Waals surface area contributed by atoms with Crippen LogP contribution in [0.15, 0.2) is 24.5 Å². The molecule has 1 aromatic rings. The fourth-order valence-electron chi connectivity index (χ4n) is 2.96. The average Bonchev–Trinajstić information content (AvgIpc) is 2.60. The summed E-state index contributed by atoms with van der Waals surface area (Å²) < 4.78 is 0. The van der Waals surface area contributed by atoms with Gasteiger partial charge >= 0.3 is 0 Å². The summed E-state index contributed by atoms with van der Waals surface area (Å²) >= 11 is 0. The first kappa shape index (κ1) is 9.76. The monoisotopic (exact) mass is 214 g/mol. The van der Waals surface area contributed by atoms with Gasteiger partial charge < -0.3 is 9.80 Å². The van der Waals surface area contributed by atoms with E-state index in [2.05, 4.69) is 55.2 Å². The third kappa shape index (κ3) is 1.26. The Hall–Kier alpha value is -1.44. The van der Waals surface area contributed by atoms with Crippen molar-refractivity contribution in [1.82, 2.24) is 4.90 Å². The van der Waals surface area contributed by atoms with Crippen molar-refractivity contribution in [2.24, 2.45) is 0 Å². The van der Waals surface area contributed by atoms with Gasteiger partial charge in [0.25, 0.3) is 0 Å². The quantitative estimate of drug-likeness (QED) is 0.655. The molecule has 0 fully saturated rings. The third-order valence-corrected chi connectivity index (χ3v) is 3.78. The van der Waals surface area contributed by atoms with Gasteiger partial charge in [0.1, 0.15) is 6.17 Å². The number of rotatable bonds is 0. The molecule has 84 valence electrons. The molecule has 16 heavy (non-hydrogen) atoms. The first-order valence-electron chi connectivity index (χ1n) is 5.95. The van der Waals surface area contributed by atoms with Gasteiger partial charge in [0.15, 0.2) is 0 Å². The number of aryl methyl sites for hydroxylation is 2. The molecule has 2 aliphatic rings. The molecule has 0 radical (unpaired) electrons. The molecule has 2 aliphatic heterocycles. The highest BCUT2D eigenvalue weighted by atomic mass is 15.4. The molecule has 2 nitrogen and oxygen atoms in total. The summed E-state index contributed by atoms with van der Waals surface area (Å²) in [7, 11) is 2.16. The zero-order valence-electron chi connectivity index (χ0n) is 10.2. The Bertz CT molecular complexity index is 462. The number of hydrogen-bond donors (Lipinski definition) is 0. The van der Waals surface area contributed by atoms with Crippen LogP contribution in [0.3, 0.4) is 0 Å². The Balaban J connectivity index is 2.13. The Kier molecular flexibility index (Phi) is 2.00. The molecular formula is C14H18N2. The summed E-state index contributed by atoms with van der Waals surface area (Å²) in [6, 6.07) is 4.61. The first-order chi connectivity index (χ1) is 7.66. The van der Waals surface area contributed by atoms with Gasteiger partial charge in [-0.3, -0.25) is 0 Å². The third-order valence-electron chi connectivity index (χ3n) is 3.78. The summed E-state index contributed by atoms with van der Waals surface area (Å²) in [5.41, 5.74) is 5.74. The molecule has 1 unspecified atom stereocenters. The van der Waals surface area contributed by atoms with Crippen molar-refractivity contribution in [2.75, 3.05) is 11.9 Å². The van der Waals surface area contributed by atoms with Crippen molar-refractivity contribution in [1.29, 1.82) is 0 Å². The maximum absolute atomic E-state index is 2.42. The van der Waals surface area contributed by atoms with Crippen LogP contribution in [0.2, 0.25) is 0 Å². The summed E-state index contributed by atoms with van der Waals surface area (Å²) in [5.74, 6) is 0. The molecule has 2 heteroatoms. The largest absolute Gasteiger partial charge is 0.359 e. The molecule has 1 atom stereocenters. The van der Waals surface area contributed by atoms with Crippen molar-refractivity contribution < 1.29 is 0 Å². The predicted octanol–water partition coefficient (Wildman–Crippen LogP) is 2.80. The lowest BCUT2D eigenvalue weighted by atomic mass is 9.94. The van der Waals surface area contributed by atoms with E-state index in [1.165, 1.54) is 35.2 Å². The van der Waals surface area contributed by atoms with E-state index in [0.717, 1.165) is 0 Å². The zero-order chi connectivity index (χ0) is 11.3. The van der Waals surface area contributed by atoms with Gasteiger partial charge in [-0.2, -0.15) is 0 Å². The molecule has 3 rings (SSSR count). The molecule has 0 amide bonds. The van der Waals surface area contributed by atoms with E-state index < -0.39 is 0 Å². The molecule has 2 heterocycles. The van der Waals surface area contributed by atoms with E-state index in [0.29, 0.717) is 6.17 Å². The van der Waals surface area contributed by atoms with Crippen LogP contribution in [0, 0.1) is 13.8 Å². The minimum Gasteiger partial charge on any atom is -0.359 e. The van der Waals surface area contributed by atoms with Gasteiger partial charge in [-0.15, -0.1) is 0 Å². The van der Waals surface area contributed by atoms with Gasteiger partial charge in [0.05, 0.1) is 0 Å². The second kappa shape index (κ2) is 3.27. The van der Waals surface area contributed by atoms with Gasteiger partial charge in [0.2, 0.25) is 0 Å². The molecular weight excluding hydrogens is 196 g/mol. The molecule has 0 spiro atoms. The number of nitrogens with zero attached hydrogens (tertiary/aromatic N) is 2. The van der Waals surface area contributed by atoms with Crippen molar-refractivity contribution in [2.45, 2.75) is 32.9 Å². The summed E-state index contributed by atoms with van der Waals surface area (Å²) in [6.45, 7) is 4.41. The minimum atomic E-state index is 0.536. The Labute approximate surface area is 97.2 Å². The highest BCUT2D eigenvalue weighted by Crippen LogP contribution is 2.37. The predicted molar refractivity (Wildman–Crippen MR) is 67.4 cm³/mol. The zero-order valence-corrected chi connectivity index (χ0v) is 10.2. The number of fused-ring (bicyclic) bond motifs is 3. The molecule has 0 aliphatic carbocycles. The Morgan fingerprint density at radius 1 is 1.19 bits per heavy atom. The van der Waals surface area contributed by atoms with Crippen LogP contribution < -0.4 is 4.90 Å². The summed E-state index contributed by atoms with van der Waals surface area (Å²) in [4.78, 5) is 4.72. The van der Waals surface area contributed by atoms with E-state index in [1.807, 2.05) is 0 Å². The van der Waals surface area contributed by atoms with Gasteiger partial charge in [-0.05, 0) is 49.4 Å². The fraction of sp³-hybridized carbons (Fsp3) is 0.429. The molecule has 1 aromatic carbocycles. The van der Waals surface area contributed by atoms with Crippen LogP contribution >= 0.6 is 0 Å². The van der Waals surface area contributed by atoms with Crippen molar-refractivity contribution in [3.63, 3.8) is 0 Å². The van der Waals surface area contributed by atoms with E-state index >= 15 is 0 Å². The first-order valence-corrected chi connectivity index (χ1v) is 5.95. The van der Waals surface area contributed by atoms with E-state index in [4.69, 9.17) is 0 Å². The highest BCUT2D eigenvalue weighted by Gasteiger charge is 2.30. The van der Waals surface area contributed by atoms with Gasteiger partial charge in [0, 0.05) is 25.1 Å². The topological polar surface area (TPSA) is 6.48 Å². The second-order valence-electron chi connectivity index (χ2n) is 4.97. The van der Waals surface area contributed by atoms with Gasteiger partial charge in [-0.1, -0.05) is 6.07 Å². The average molecular weight is 214 g/mol. The second-order valence-corrected chi connectivity index (χ2v) is 4.97. The molecule has 0 N–H and O–H groups in total. The molecule has 0 bridgehead atoms. The fourth-order valence-corrected chi connectivity index (χ4v) is 2.96. The van der Waals surface area contributed by atoms with Crippen LogP contribution in [0.5, 0.6) is 0 Å². The van der Waals surface area contributed by atoms with Crippen molar-refractivity contribution in [3.8, 4) is 0 Å². The van der Waals surface area contributed by atoms with Crippen LogP contribution in [0.25, 0.3) is 0 Å². The van der Waals surface area contributed by atoms with Crippen LogP contribution in [-0.2, 0) is 6.42 Å². The molecule has 0 aromatic heterocycles. The lowest BCUT2D eigenvalue weighted by Crippen LogP contribution is -2.40. The highest BCUT2D eigenvalue weighted by molar-refractivity contribution is 5.63. The smallest absolute Gasteiger partial charge is 0.105 e. The van der Waals surface area contributed by atoms with E-state index in [-0.39, 0.29) is 0 Å². The van der Waals surface area contributed by atoms with Gasteiger partial charge in [-0.25, -0.2) is 0 Å². The van der Waals surface area contributed by atoms with Crippen LogP contribution in [0.4, 0.5) is 5.69 Å². The summed E-state index contributed by atoms with van der Waals surface area (Å²) in [5, 5.41) is 0. The van der Waals surface area contributed by atoms with Crippen LogP contribution in [-0.4, -0.2) is 18.1 Å². The van der Waals surface area contributed by atoms with E-state index in [9.17, 15) is 0 Å². The lowest BCUT2D eigenvalue weighted by Gasteiger charge is -2.36. The minimum absolute atomic E-state index is 0.536. The molecule has 0 saturated carbocycles. The number of benzene rings is 1. The van der Waals surface area contributed by atoms with E-state index in [1.54, 1.807) is 0 Å². The summed E-state index contributed by atoms with van der Waals surface area (Å²) in [6.07, 6.45) is 7.35. The van der Waals surface area contributed by atoms with Crippen LogP contribution in [0.1, 0.15) is 23.1 Å². The molecule has 0 saturated heterocycles. The Morgan fingerprint density at radius 2 is 2.00 bits per heavy atom. The lowest BCUT2D eigenvalue weighted by molar-refractivity contribution is 0.331. The number of hydrogen-bond acceptors (Lipinski definition) is 2. The Morgan fingerprint density at radius 3 is 2.81 bits per heavy atom. The number of anilines is 1. The maximum atomic E-state index is 2.42. The van der Waals surface area contributed by atoms with Crippen molar-refractivity contribution in [3.05, 3.63) is 41.2 Å². The SMILES string of the molecule is Cc1cc(C)c2c(c1)N1C=CN(C)C1CC2. The standard InChI is InChI=1S/C14H18N2/c1-10-8-11(2)12-4-5-14-15(3)6-7-16(14)13(12)9-10/h6-9,14H,4-5H2,1-3H3.